The Morgan fingerprint density at radius 1 is 1.53 bits per heavy atom. The Morgan fingerprint density at radius 3 is 2.88 bits per heavy atom. The Hall–Kier alpha value is -1.96. The molecule has 1 aliphatic heterocycles. The molecular formula is C9H9N3O4S. The smallest absolute Gasteiger partial charge is 0.339 e. The summed E-state index contributed by atoms with van der Waals surface area (Å²) >= 11 is 0. The number of nitrogens with one attached hydrogen (secondary N) is 1. The quantitative estimate of drug-likeness (QED) is 0.775. The first-order valence-corrected chi connectivity index (χ1v) is 6.42. The molecule has 1 unspecified atom stereocenters. The van der Waals surface area contributed by atoms with Gasteiger partial charge in [-0.15, -0.1) is 5.10 Å². The molecule has 1 aliphatic rings. The topological polar surface area (TPSA) is 109 Å². The van der Waals surface area contributed by atoms with Gasteiger partial charge in [-0.3, -0.25) is 0 Å². The maximum atomic E-state index is 11.2. The normalized spacial score (nSPS) is 21.3. The summed E-state index contributed by atoms with van der Waals surface area (Å²) in [5, 5.41) is 19.9. The Morgan fingerprint density at radius 2 is 2.29 bits per heavy atom. The van der Waals surface area contributed by atoms with Crippen molar-refractivity contribution in [2.24, 2.45) is 0 Å². The molecule has 2 N–H and O–H groups in total. The molecule has 0 radical (unpaired) electrons. The lowest BCUT2D eigenvalue weighted by atomic mass is 10.2. The summed E-state index contributed by atoms with van der Waals surface area (Å²) in [7, 11) is -3.19. The molecule has 0 saturated heterocycles. The molecule has 0 spiro atoms. The predicted molar refractivity (Wildman–Crippen MR) is 59.3 cm³/mol. The number of nitrogens with zero attached hydrogens (tertiary/aromatic N) is 2. The SMILES string of the molecule is O=C(O)c1ccnnc1NC1C=CS(=O)(=O)C1. The largest absolute Gasteiger partial charge is 0.478 e. The van der Waals surface area contributed by atoms with Gasteiger partial charge in [0.05, 0.1) is 18.0 Å². The van der Waals surface area contributed by atoms with E-state index >= 15 is 0 Å². The Labute approximate surface area is 97.1 Å². The van der Waals surface area contributed by atoms with Gasteiger partial charge in [-0.2, -0.15) is 5.10 Å². The third-order valence-corrected chi connectivity index (χ3v) is 3.60. The van der Waals surface area contributed by atoms with E-state index in [1.54, 1.807) is 0 Å². The maximum absolute atomic E-state index is 11.2. The zero-order chi connectivity index (χ0) is 12.5. The lowest BCUT2D eigenvalue weighted by molar-refractivity contribution is 0.0697. The zero-order valence-corrected chi connectivity index (χ0v) is 9.38. The zero-order valence-electron chi connectivity index (χ0n) is 8.57. The van der Waals surface area contributed by atoms with Crippen LogP contribution in [0.1, 0.15) is 10.4 Å². The van der Waals surface area contributed by atoms with Crippen LogP contribution >= 0.6 is 0 Å². The van der Waals surface area contributed by atoms with E-state index in [0.29, 0.717) is 0 Å². The van der Waals surface area contributed by atoms with E-state index in [1.165, 1.54) is 18.3 Å². The minimum absolute atomic E-state index is 0.0438. The Balaban J connectivity index is 2.21. The second-order valence-corrected chi connectivity index (χ2v) is 5.44. The highest BCUT2D eigenvalue weighted by atomic mass is 32.2. The molecule has 1 aromatic heterocycles. The van der Waals surface area contributed by atoms with Crippen LogP contribution < -0.4 is 5.32 Å². The van der Waals surface area contributed by atoms with Crippen LogP contribution in [0, 0.1) is 0 Å². The first-order chi connectivity index (χ1) is 7.98. The van der Waals surface area contributed by atoms with Gasteiger partial charge in [0.2, 0.25) is 0 Å². The van der Waals surface area contributed by atoms with E-state index in [2.05, 4.69) is 15.5 Å². The minimum atomic E-state index is -3.19. The number of aromatic carboxylic acids is 1. The standard InChI is InChI=1S/C9H9N3O4S/c13-9(14)7-1-3-10-12-8(7)11-6-2-4-17(15,16)5-6/h1-4,6H,5H2,(H,11,12)(H,13,14). The molecule has 17 heavy (non-hydrogen) atoms. The number of anilines is 1. The number of aromatic nitrogens is 2. The van der Waals surface area contributed by atoms with Crippen LogP contribution in [0.3, 0.4) is 0 Å². The van der Waals surface area contributed by atoms with Crippen molar-refractivity contribution in [3.05, 3.63) is 29.3 Å². The van der Waals surface area contributed by atoms with Crippen molar-refractivity contribution in [3.8, 4) is 0 Å². The molecule has 0 saturated carbocycles. The lowest BCUT2D eigenvalue weighted by Crippen LogP contribution is -2.23. The van der Waals surface area contributed by atoms with Crippen LogP contribution in [-0.2, 0) is 9.84 Å². The molecule has 0 amide bonds. The van der Waals surface area contributed by atoms with Gasteiger partial charge < -0.3 is 10.4 Å². The molecule has 1 aromatic rings. The van der Waals surface area contributed by atoms with Crippen molar-refractivity contribution >= 4 is 21.6 Å². The van der Waals surface area contributed by atoms with Crippen LogP contribution in [-0.4, -0.2) is 41.5 Å². The monoisotopic (exact) mass is 255 g/mol. The van der Waals surface area contributed by atoms with Gasteiger partial charge in [0.1, 0.15) is 5.56 Å². The average molecular weight is 255 g/mol. The molecule has 7 nitrogen and oxygen atoms in total. The fraction of sp³-hybridized carbons (Fsp3) is 0.222. The van der Waals surface area contributed by atoms with Gasteiger partial charge in [0, 0.05) is 5.41 Å². The van der Waals surface area contributed by atoms with E-state index in [4.69, 9.17) is 5.11 Å². The number of carboxylic acids is 1. The van der Waals surface area contributed by atoms with E-state index < -0.39 is 21.8 Å². The molecule has 0 fully saturated rings. The van der Waals surface area contributed by atoms with Gasteiger partial charge in [-0.25, -0.2) is 13.2 Å². The van der Waals surface area contributed by atoms with Crippen molar-refractivity contribution in [1.82, 2.24) is 10.2 Å². The van der Waals surface area contributed by atoms with Gasteiger partial charge >= 0.3 is 5.97 Å². The lowest BCUT2D eigenvalue weighted by Gasteiger charge is -2.11. The van der Waals surface area contributed by atoms with Gasteiger partial charge in [0.15, 0.2) is 15.7 Å². The Bertz CT molecular complexity index is 582. The highest BCUT2D eigenvalue weighted by Crippen LogP contribution is 2.16. The van der Waals surface area contributed by atoms with Crippen LogP contribution in [0.4, 0.5) is 5.82 Å². The van der Waals surface area contributed by atoms with Crippen LogP contribution in [0.25, 0.3) is 0 Å². The summed E-state index contributed by atoms with van der Waals surface area (Å²) < 4.78 is 22.3. The molecule has 2 rings (SSSR count). The van der Waals surface area contributed by atoms with Gasteiger partial charge in [-0.1, -0.05) is 0 Å². The summed E-state index contributed by atoms with van der Waals surface area (Å²) in [4.78, 5) is 10.9. The summed E-state index contributed by atoms with van der Waals surface area (Å²) in [6, 6.07) is 0.819. The Kier molecular flexibility index (Phi) is 2.80. The first kappa shape index (κ1) is 11.5. The molecule has 0 bridgehead atoms. The van der Waals surface area contributed by atoms with E-state index in [1.807, 2.05) is 0 Å². The number of carboxylic acid groups (broad SMARTS) is 1. The highest BCUT2D eigenvalue weighted by molar-refractivity contribution is 7.94. The summed E-state index contributed by atoms with van der Waals surface area (Å²) in [6.45, 7) is 0. The van der Waals surface area contributed by atoms with Gasteiger partial charge in [-0.05, 0) is 12.1 Å². The predicted octanol–water partition coefficient (Wildman–Crippen LogP) is -0.103. The third kappa shape index (κ3) is 2.59. The molecule has 0 aliphatic carbocycles. The van der Waals surface area contributed by atoms with E-state index in [0.717, 1.165) is 5.41 Å². The average Bonchev–Trinajstić information content (AvgIpc) is 2.58. The fourth-order valence-corrected chi connectivity index (χ4v) is 2.69. The second kappa shape index (κ2) is 4.13. The first-order valence-electron chi connectivity index (χ1n) is 4.70. The third-order valence-electron chi connectivity index (χ3n) is 2.20. The number of carbonyl (C=O) groups is 1. The maximum Gasteiger partial charge on any atom is 0.339 e. The molecule has 90 valence electrons. The van der Waals surface area contributed by atoms with Gasteiger partial charge in [0.25, 0.3) is 0 Å². The van der Waals surface area contributed by atoms with E-state index in [9.17, 15) is 13.2 Å². The van der Waals surface area contributed by atoms with Crippen molar-refractivity contribution in [2.45, 2.75) is 6.04 Å². The van der Waals surface area contributed by atoms with Crippen molar-refractivity contribution < 1.29 is 18.3 Å². The summed E-state index contributed by atoms with van der Waals surface area (Å²) in [5.41, 5.74) is -0.0438. The minimum Gasteiger partial charge on any atom is -0.478 e. The molecular weight excluding hydrogens is 246 g/mol. The molecule has 0 aromatic carbocycles. The van der Waals surface area contributed by atoms with Crippen molar-refractivity contribution in [3.63, 3.8) is 0 Å². The summed E-state index contributed by atoms with van der Waals surface area (Å²) in [5.74, 6) is -1.19. The van der Waals surface area contributed by atoms with Crippen LogP contribution in [0.2, 0.25) is 0 Å². The van der Waals surface area contributed by atoms with Crippen LogP contribution in [0.5, 0.6) is 0 Å². The molecule has 2 heterocycles. The van der Waals surface area contributed by atoms with E-state index in [-0.39, 0.29) is 17.1 Å². The fourth-order valence-electron chi connectivity index (χ4n) is 1.45. The van der Waals surface area contributed by atoms with Crippen molar-refractivity contribution in [1.29, 1.82) is 0 Å². The number of hydrogen-bond acceptors (Lipinski definition) is 6. The number of hydrogen-bond donors (Lipinski definition) is 2. The number of sulfone groups is 1. The highest BCUT2D eigenvalue weighted by Gasteiger charge is 2.23. The van der Waals surface area contributed by atoms with Crippen LogP contribution in [0.15, 0.2) is 23.7 Å². The second-order valence-electron chi connectivity index (χ2n) is 3.51. The van der Waals surface area contributed by atoms with Crippen molar-refractivity contribution in [2.75, 3.05) is 11.1 Å². The number of rotatable bonds is 3. The molecule has 1 atom stereocenters. The molecule has 8 heteroatoms. The summed E-state index contributed by atoms with van der Waals surface area (Å²) in [6.07, 6.45) is 2.71.